The second kappa shape index (κ2) is 6.26. The molecule has 1 fully saturated rings. The molecule has 0 radical (unpaired) electrons. The zero-order valence-electron chi connectivity index (χ0n) is 12.1. The predicted octanol–water partition coefficient (Wildman–Crippen LogP) is 2.51. The molecule has 2 N–H and O–H groups in total. The van der Waals surface area contributed by atoms with Crippen molar-refractivity contribution in [3.05, 3.63) is 42.0 Å². The van der Waals surface area contributed by atoms with Gasteiger partial charge in [-0.15, -0.1) is 0 Å². The molecule has 2 aromatic rings. The van der Waals surface area contributed by atoms with Crippen molar-refractivity contribution in [2.75, 3.05) is 6.61 Å². The average Bonchev–Trinajstić information content (AvgIpc) is 3.10. The van der Waals surface area contributed by atoms with E-state index in [1.54, 1.807) is 0 Å². The summed E-state index contributed by atoms with van der Waals surface area (Å²) in [7, 11) is 0. The van der Waals surface area contributed by atoms with Crippen LogP contribution < -0.4 is 10.5 Å². The van der Waals surface area contributed by atoms with Crippen molar-refractivity contribution in [3.8, 4) is 5.75 Å². The Kier molecular flexibility index (Phi) is 4.20. The maximum Gasteiger partial charge on any atom is 0.228 e. The van der Waals surface area contributed by atoms with Crippen LogP contribution >= 0.6 is 0 Å². The Morgan fingerprint density at radius 3 is 2.71 bits per heavy atom. The zero-order chi connectivity index (χ0) is 14.5. The smallest absolute Gasteiger partial charge is 0.228 e. The predicted molar refractivity (Wildman–Crippen MR) is 79.0 cm³/mol. The zero-order valence-corrected chi connectivity index (χ0v) is 12.1. The van der Waals surface area contributed by atoms with E-state index in [0.717, 1.165) is 18.6 Å². The third-order valence-electron chi connectivity index (χ3n) is 3.95. The van der Waals surface area contributed by atoms with E-state index in [9.17, 15) is 0 Å². The number of aromatic nitrogens is 2. The van der Waals surface area contributed by atoms with Crippen molar-refractivity contribution in [3.63, 3.8) is 0 Å². The van der Waals surface area contributed by atoms with Crippen LogP contribution in [0.2, 0.25) is 0 Å². The molecule has 0 atom stereocenters. The number of ether oxygens (including phenoxy) is 1. The molecule has 0 unspecified atom stereocenters. The lowest BCUT2D eigenvalue weighted by molar-refractivity contribution is 0.309. The van der Waals surface area contributed by atoms with E-state index in [1.807, 2.05) is 30.3 Å². The summed E-state index contributed by atoms with van der Waals surface area (Å²) < 4.78 is 10.9. The van der Waals surface area contributed by atoms with Crippen molar-refractivity contribution in [1.82, 2.24) is 10.1 Å². The molecule has 5 heteroatoms. The highest BCUT2D eigenvalue weighted by molar-refractivity contribution is 5.20. The highest BCUT2D eigenvalue weighted by atomic mass is 16.5. The lowest BCUT2D eigenvalue weighted by Crippen LogP contribution is -2.38. The first kappa shape index (κ1) is 14.1. The van der Waals surface area contributed by atoms with Crippen molar-refractivity contribution in [1.29, 1.82) is 0 Å². The monoisotopic (exact) mass is 287 g/mol. The largest absolute Gasteiger partial charge is 0.493 e. The van der Waals surface area contributed by atoms with Crippen LogP contribution in [0.1, 0.15) is 37.4 Å². The molecule has 1 saturated carbocycles. The van der Waals surface area contributed by atoms with Gasteiger partial charge >= 0.3 is 0 Å². The van der Waals surface area contributed by atoms with Crippen molar-refractivity contribution in [2.24, 2.45) is 5.73 Å². The number of nitrogens with zero attached hydrogens (tertiary/aromatic N) is 2. The van der Waals surface area contributed by atoms with Gasteiger partial charge in [-0.05, 0) is 25.0 Å². The molecule has 0 saturated heterocycles. The van der Waals surface area contributed by atoms with E-state index in [1.165, 1.54) is 12.8 Å². The van der Waals surface area contributed by atoms with Crippen LogP contribution in [0.5, 0.6) is 5.75 Å². The van der Waals surface area contributed by atoms with E-state index < -0.39 is 0 Å². The molecule has 0 amide bonds. The maximum absolute atomic E-state index is 6.32. The topological polar surface area (TPSA) is 74.2 Å². The number of para-hydroxylation sites is 1. The molecule has 5 nitrogen and oxygen atoms in total. The highest BCUT2D eigenvalue weighted by Gasteiger charge is 2.31. The lowest BCUT2D eigenvalue weighted by Gasteiger charge is -2.20. The van der Waals surface area contributed by atoms with Gasteiger partial charge in [-0.3, -0.25) is 0 Å². The van der Waals surface area contributed by atoms with E-state index >= 15 is 0 Å². The Labute approximate surface area is 124 Å². The van der Waals surface area contributed by atoms with Gasteiger partial charge in [0, 0.05) is 18.4 Å². The molecular formula is C16H21N3O2. The van der Waals surface area contributed by atoms with Crippen LogP contribution in [-0.2, 0) is 12.8 Å². The quantitative estimate of drug-likeness (QED) is 0.883. The molecule has 0 aliphatic heterocycles. The van der Waals surface area contributed by atoms with E-state index in [0.29, 0.717) is 31.2 Å². The third-order valence-corrected chi connectivity index (χ3v) is 3.95. The van der Waals surface area contributed by atoms with Crippen molar-refractivity contribution in [2.45, 2.75) is 44.1 Å². The van der Waals surface area contributed by atoms with Gasteiger partial charge in [0.25, 0.3) is 0 Å². The molecule has 21 heavy (non-hydrogen) atoms. The van der Waals surface area contributed by atoms with Gasteiger partial charge in [0.1, 0.15) is 5.75 Å². The first-order chi connectivity index (χ1) is 10.2. The molecule has 1 aliphatic carbocycles. The molecule has 1 aromatic heterocycles. The SMILES string of the molecule is NC1(Cc2nc(CCOc3ccccc3)no2)CCCC1. The van der Waals surface area contributed by atoms with Gasteiger partial charge in [-0.2, -0.15) is 4.98 Å². The van der Waals surface area contributed by atoms with Crippen LogP contribution in [0, 0.1) is 0 Å². The van der Waals surface area contributed by atoms with E-state index in [4.69, 9.17) is 15.0 Å². The van der Waals surface area contributed by atoms with Crippen molar-refractivity contribution >= 4 is 0 Å². The molecule has 3 rings (SSSR count). The van der Waals surface area contributed by atoms with Crippen LogP contribution in [-0.4, -0.2) is 22.3 Å². The summed E-state index contributed by atoms with van der Waals surface area (Å²) >= 11 is 0. The third kappa shape index (κ3) is 3.82. The van der Waals surface area contributed by atoms with Crippen LogP contribution in [0.25, 0.3) is 0 Å². The molecule has 1 aromatic carbocycles. The summed E-state index contributed by atoms with van der Waals surface area (Å²) in [6, 6.07) is 9.72. The summed E-state index contributed by atoms with van der Waals surface area (Å²) in [5.41, 5.74) is 6.18. The standard InChI is InChI=1S/C16H21N3O2/c17-16(9-4-5-10-16)12-15-18-14(19-21-15)8-11-20-13-6-2-1-3-7-13/h1-3,6-7H,4-5,8-12,17H2. The molecule has 1 aliphatic rings. The first-order valence-electron chi connectivity index (χ1n) is 7.52. The van der Waals surface area contributed by atoms with E-state index in [-0.39, 0.29) is 5.54 Å². The maximum atomic E-state index is 6.32. The Bertz CT molecular complexity index is 562. The first-order valence-corrected chi connectivity index (χ1v) is 7.52. The van der Waals surface area contributed by atoms with Gasteiger partial charge in [0.2, 0.25) is 5.89 Å². The summed E-state index contributed by atoms with van der Waals surface area (Å²) in [5.74, 6) is 2.18. The number of nitrogens with two attached hydrogens (primary N) is 1. The number of rotatable bonds is 6. The molecular weight excluding hydrogens is 266 g/mol. The minimum Gasteiger partial charge on any atom is -0.493 e. The number of hydrogen-bond donors (Lipinski definition) is 1. The summed E-state index contributed by atoms with van der Waals surface area (Å²) in [4.78, 5) is 4.41. The minimum atomic E-state index is -0.148. The highest BCUT2D eigenvalue weighted by Crippen LogP contribution is 2.29. The summed E-state index contributed by atoms with van der Waals surface area (Å²) in [6.07, 6.45) is 5.80. The number of benzene rings is 1. The number of hydrogen-bond acceptors (Lipinski definition) is 5. The Balaban J connectivity index is 1.49. The molecule has 0 spiro atoms. The fraction of sp³-hybridized carbons (Fsp3) is 0.500. The second-order valence-corrected chi connectivity index (χ2v) is 5.76. The molecule has 1 heterocycles. The Hall–Kier alpha value is -1.88. The summed E-state index contributed by atoms with van der Waals surface area (Å²) in [5, 5.41) is 4.00. The lowest BCUT2D eigenvalue weighted by atomic mass is 9.95. The fourth-order valence-electron chi connectivity index (χ4n) is 2.80. The minimum absolute atomic E-state index is 0.148. The van der Waals surface area contributed by atoms with Crippen LogP contribution in [0.15, 0.2) is 34.9 Å². The van der Waals surface area contributed by atoms with Gasteiger partial charge in [0.15, 0.2) is 5.82 Å². The molecule has 112 valence electrons. The van der Waals surface area contributed by atoms with Crippen LogP contribution in [0.3, 0.4) is 0 Å². The van der Waals surface area contributed by atoms with Crippen molar-refractivity contribution < 1.29 is 9.26 Å². The Morgan fingerprint density at radius 1 is 1.19 bits per heavy atom. The van der Waals surface area contributed by atoms with Gasteiger partial charge in [-0.1, -0.05) is 36.2 Å². The van der Waals surface area contributed by atoms with E-state index in [2.05, 4.69) is 10.1 Å². The van der Waals surface area contributed by atoms with Gasteiger partial charge < -0.3 is 15.0 Å². The van der Waals surface area contributed by atoms with Crippen LogP contribution in [0.4, 0.5) is 0 Å². The average molecular weight is 287 g/mol. The second-order valence-electron chi connectivity index (χ2n) is 5.76. The summed E-state index contributed by atoms with van der Waals surface area (Å²) in [6.45, 7) is 0.538. The Morgan fingerprint density at radius 2 is 1.95 bits per heavy atom. The fourth-order valence-corrected chi connectivity index (χ4v) is 2.80. The normalized spacial score (nSPS) is 17.0. The van der Waals surface area contributed by atoms with Gasteiger partial charge in [-0.25, -0.2) is 0 Å². The van der Waals surface area contributed by atoms with Gasteiger partial charge in [0.05, 0.1) is 6.61 Å². The molecule has 0 bridgehead atoms.